The van der Waals surface area contributed by atoms with Gasteiger partial charge in [-0.2, -0.15) is 0 Å². The highest BCUT2D eigenvalue weighted by Crippen LogP contribution is 2.10. The van der Waals surface area contributed by atoms with Gasteiger partial charge in [0.05, 0.1) is 0 Å². The lowest BCUT2D eigenvalue weighted by molar-refractivity contribution is -0.0151. The van der Waals surface area contributed by atoms with E-state index in [1.54, 1.807) is 13.8 Å². The quantitative estimate of drug-likeness (QED) is 0.628. The summed E-state index contributed by atoms with van der Waals surface area (Å²) in [5, 5.41) is 8.55. The molecule has 1 N–H and O–H groups in total. The van der Waals surface area contributed by atoms with Crippen LogP contribution in [0.3, 0.4) is 0 Å². The Labute approximate surface area is 53.7 Å². The van der Waals surface area contributed by atoms with Crippen molar-refractivity contribution in [3.8, 4) is 0 Å². The standard InChI is InChI=1S/C6H12F2O/c1-4(2)3-5(9)6(7)8/h4-6,9H,3H2,1-2H3/t5-/m1/s1. The van der Waals surface area contributed by atoms with Crippen LogP contribution in [0.1, 0.15) is 20.3 Å². The van der Waals surface area contributed by atoms with Crippen molar-refractivity contribution in [1.29, 1.82) is 0 Å². The first-order chi connectivity index (χ1) is 4.04. The zero-order chi connectivity index (χ0) is 7.44. The van der Waals surface area contributed by atoms with E-state index in [4.69, 9.17) is 5.11 Å². The molecule has 0 radical (unpaired) electrons. The van der Waals surface area contributed by atoms with Gasteiger partial charge >= 0.3 is 0 Å². The second kappa shape index (κ2) is 3.77. The molecule has 9 heavy (non-hydrogen) atoms. The van der Waals surface area contributed by atoms with E-state index in [-0.39, 0.29) is 12.3 Å². The highest BCUT2D eigenvalue weighted by molar-refractivity contribution is 4.59. The number of hydrogen-bond acceptors (Lipinski definition) is 1. The molecule has 0 amide bonds. The van der Waals surface area contributed by atoms with Crippen molar-refractivity contribution in [2.24, 2.45) is 5.92 Å². The van der Waals surface area contributed by atoms with E-state index in [1.807, 2.05) is 0 Å². The first-order valence-electron chi connectivity index (χ1n) is 3.00. The van der Waals surface area contributed by atoms with Gasteiger partial charge in [0.25, 0.3) is 6.43 Å². The van der Waals surface area contributed by atoms with Crippen LogP contribution in [0, 0.1) is 5.92 Å². The number of aliphatic hydroxyl groups is 1. The molecule has 0 aromatic rings. The molecule has 3 heteroatoms. The molecule has 0 fully saturated rings. The molecule has 0 aliphatic carbocycles. The lowest BCUT2D eigenvalue weighted by Crippen LogP contribution is -2.19. The summed E-state index contributed by atoms with van der Waals surface area (Å²) in [7, 11) is 0. The summed E-state index contributed by atoms with van der Waals surface area (Å²) < 4.78 is 23.1. The van der Waals surface area contributed by atoms with Crippen molar-refractivity contribution in [1.82, 2.24) is 0 Å². The normalized spacial score (nSPS) is 15.0. The highest BCUT2D eigenvalue weighted by Gasteiger charge is 2.17. The van der Waals surface area contributed by atoms with Gasteiger partial charge in [-0.25, -0.2) is 8.78 Å². The van der Waals surface area contributed by atoms with Gasteiger partial charge in [-0.1, -0.05) is 13.8 Å². The summed E-state index contributed by atoms with van der Waals surface area (Å²) in [6.07, 6.45) is -3.85. The van der Waals surface area contributed by atoms with Gasteiger partial charge in [-0.15, -0.1) is 0 Å². The van der Waals surface area contributed by atoms with Gasteiger partial charge in [-0.05, 0) is 12.3 Å². The van der Waals surface area contributed by atoms with Crippen LogP contribution in [-0.2, 0) is 0 Å². The molecule has 0 aliphatic heterocycles. The second-order valence-electron chi connectivity index (χ2n) is 2.53. The molecule has 0 heterocycles. The fourth-order valence-electron chi connectivity index (χ4n) is 0.586. The zero-order valence-electron chi connectivity index (χ0n) is 5.64. The number of aliphatic hydroxyl groups excluding tert-OH is 1. The molecule has 0 saturated carbocycles. The maximum Gasteiger partial charge on any atom is 0.264 e. The minimum atomic E-state index is -2.59. The van der Waals surface area contributed by atoms with Crippen LogP contribution in [0.5, 0.6) is 0 Å². The van der Waals surface area contributed by atoms with E-state index < -0.39 is 12.5 Å². The summed E-state index contributed by atoms with van der Waals surface area (Å²) in [5.41, 5.74) is 0. The first kappa shape index (κ1) is 8.82. The Kier molecular flexibility index (Phi) is 3.70. The molecule has 0 saturated heterocycles. The Morgan fingerprint density at radius 2 is 1.78 bits per heavy atom. The van der Waals surface area contributed by atoms with Crippen molar-refractivity contribution >= 4 is 0 Å². The van der Waals surface area contributed by atoms with Gasteiger partial charge in [0, 0.05) is 0 Å². The van der Waals surface area contributed by atoms with Crippen LogP contribution in [0.25, 0.3) is 0 Å². The Balaban J connectivity index is 3.38. The maximum atomic E-state index is 11.5. The molecule has 56 valence electrons. The zero-order valence-corrected chi connectivity index (χ0v) is 5.64. The molecule has 0 unspecified atom stereocenters. The van der Waals surface area contributed by atoms with Gasteiger partial charge in [0.15, 0.2) is 0 Å². The third-order valence-corrected chi connectivity index (χ3v) is 1.00. The lowest BCUT2D eigenvalue weighted by atomic mass is 10.1. The maximum absolute atomic E-state index is 11.5. The van der Waals surface area contributed by atoms with Crippen molar-refractivity contribution in [2.45, 2.75) is 32.8 Å². The van der Waals surface area contributed by atoms with E-state index in [9.17, 15) is 8.78 Å². The molecular formula is C6H12F2O. The van der Waals surface area contributed by atoms with Crippen LogP contribution in [0.15, 0.2) is 0 Å². The van der Waals surface area contributed by atoms with Gasteiger partial charge in [-0.3, -0.25) is 0 Å². The van der Waals surface area contributed by atoms with E-state index in [0.29, 0.717) is 0 Å². The van der Waals surface area contributed by atoms with Crippen LogP contribution >= 0.6 is 0 Å². The molecule has 0 spiro atoms. The Bertz CT molecular complexity index is 73.5. The van der Waals surface area contributed by atoms with E-state index in [2.05, 4.69) is 0 Å². The van der Waals surface area contributed by atoms with Crippen molar-refractivity contribution in [3.63, 3.8) is 0 Å². The molecule has 0 aliphatic rings. The fourth-order valence-corrected chi connectivity index (χ4v) is 0.586. The molecular weight excluding hydrogens is 126 g/mol. The second-order valence-corrected chi connectivity index (χ2v) is 2.53. The van der Waals surface area contributed by atoms with Crippen LogP contribution in [-0.4, -0.2) is 17.6 Å². The summed E-state index contributed by atoms with van der Waals surface area (Å²) in [5.74, 6) is 0.133. The van der Waals surface area contributed by atoms with Crippen LogP contribution in [0.2, 0.25) is 0 Å². The average molecular weight is 138 g/mol. The Hall–Kier alpha value is -0.180. The lowest BCUT2D eigenvalue weighted by Gasteiger charge is -2.10. The topological polar surface area (TPSA) is 20.2 Å². The molecule has 0 bridgehead atoms. The SMILES string of the molecule is CC(C)C[C@@H](O)C(F)F. The van der Waals surface area contributed by atoms with Crippen molar-refractivity contribution in [3.05, 3.63) is 0 Å². The third kappa shape index (κ3) is 4.33. The monoisotopic (exact) mass is 138 g/mol. The number of halogens is 2. The third-order valence-electron chi connectivity index (χ3n) is 1.00. The first-order valence-corrected chi connectivity index (χ1v) is 3.00. The summed E-state index contributed by atoms with van der Waals surface area (Å²) >= 11 is 0. The van der Waals surface area contributed by atoms with E-state index in [1.165, 1.54) is 0 Å². The highest BCUT2D eigenvalue weighted by atomic mass is 19.3. The summed E-state index contributed by atoms with van der Waals surface area (Å²) in [6.45, 7) is 3.59. The predicted molar refractivity (Wildman–Crippen MR) is 31.5 cm³/mol. The van der Waals surface area contributed by atoms with Gasteiger partial charge in [0.2, 0.25) is 0 Å². The van der Waals surface area contributed by atoms with Crippen molar-refractivity contribution in [2.75, 3.05) is 0 Å². The van der Waals surface area contributed by atoms with Gasteiger partial charge in [0.1, 0.15) is 6.10 Å². The molecule has 0 rings (SSSR count). The predicted octanol–water partition coefficient (Wildman–Crippen LogP) is 1.66. The molecule has 1 nitrogen and oxygen atoms in total. The number of rotatable bonds is 3. The number of alkyl halides is 2. The smallest absolute Gasteiger partial charge is 0.264 e. The largest absolute Gasteiger partial charge is 0.387 e. The molecule has 1 atom stereocenters. The van der Waals surface area contributed by atoms with Gasteiger partial charge < -0.3 is 5.11 Å². The Morgan fingerprint density at radius 3 is 1.89 bits per heavy atom. The fraction of sp³-hybridized carbons (Fsp3) is 1.00. The van der Waals surface area contributed by atoms with E-state index >= 15 is 0 Å². The minimum absolute atomic E-state index is 0.133. The summed E-state index contributed by atoms with van der Waals surface area (Å²) in [4.78, 5) is 0. The minimum Gasteiger partial charge on any atom is -0.387 e. The molecule has 0 aromatic heterocycles. The van der Waals surface area contributed by atoms with Crippen LogP contribution in [0.4, 0.5) is 8.78 Å². The summed E-state index contributed by atoms with van der Waals surface area (Å²) in [6, 6.07) is 0. The number of hydrogen-bond donors (Lipinski definition) is 1. The average Bonchev–Trinajstić information content (AvgIpc) is 1.63. The van der Waals surface area contributed by atoms with E-state index in [0.717, 1.165) is 0 Å². The Morgan fingerprint density at radius 1 is 1.33 bits per heavy atom. The molecule has 0 aromatic carbocycles. The van der Waals surface area contributed by atoms with Crippen molar-refractivity contribution < 1.29 is 13.9 Å². The van der Waals surface area contributed by atoms with Crippen LogP contribution < -0.4 is 0 Å².